The minimum absolute atomic E-state index is 0.00356. The predicted octanol–water partition coefficient (Wildman–Crippen LogP) is -0.0189. The van der Waals surface area contributed by atoms with E-state index in [1.54, 1.807) is 12.1 Å². The second kappa shape index (κ2) is 31.6. The van der Waals surface area contributed by atoms with E-state index in [0.717, 1.165) is 52.0 Å². The number of nitrogens with one attached hydrogen (secondary N) is 5. The third-order valence-electron chi connectivity index (χ3n) is 17.3. The van der Waals surface area contributed by atoms with Gasteiger partial charge in [0.25, 0.3) is 5.91 Å². The number of β-amino-alcohol motifs (C(OH)–C–C–N with tert-alkyl or cyclic N) is 1. The van der Waals surface area contributed by atoms with Crippen LogP contribution in [0.5, 0.6) is 17.2 Å². The summed E-state index contributed by atoms with van der Waals surface area (Å²) in [7, 11) is 0. The molecule has 13 atom stereocenters. The number of phenols is 1. The molecule has 500 valence electrons. The van der Waals surface area contributed by atoms with Crippen LogP contribution in [0.15, 0.2) is 91.0 Å². The summed E-state index contributed by atoms with van der Waals surface area (Å²) in [6, 6.07) is 15.3. The van der Waals surface area contributed by atoms with Crippen LogP contribution in [0.4, 0.5) is 0 Å². The molecule has 7 amide bonds. The van der Waals surface area contributed by atoms with Gasteiger partial charge in [-0.3, -0.25) is 33.6 Å². The number of rotatable bonds is 18. The summed E-state index contributed by atoms with van der Waals surface area (Å²) < 4.78 is 11.9. The molecule has 28 heteroatoms. The lowest BCUT2D eigenvalue weighted by Crippen LogP contribution is -2.64. The number of ether oxygens (including phenoxy) is 2. The van der Waals surface area contributed by atoms with Crippen molar-refractivity contribution in [2.24, 2.45) is 17.4 Å². The number of aliphatic hydroxyl groups excluding tert-OH is 6. The molecule has 4 aromatic carbocycles. The second-order valence-electron chi connectivity index (χ2n) is 24.3. The Kier molecular flexibility index (Phi) is 23.5. The molecule has 1 saturated carbocycles. The summed E-state index contributed by atoms with van der Waals surface area (Å²) in [6.45, 7) is 1.39. The number of aliphatic hydroxyl groups is 6. The van der Waals surface area contributed by atoms with Crippen LogP contribution in [0, 0.1) is 5.92 Å². The smallest absolute Gasteiger partial charge is 0.251 e. The van der Waals surface area contributed by atoms with E-state index in [4.69, 9.17) is 20.9 Å². The van der Waals surface area contributed by atoms with E-state index >= 15 is 0 Å². The molecule has 0 spiro atoms. The third kappa shape index (κ3) is 17.2. The first-order valence-electron chi connectivity index (χ1n) is 31.5. The number of phenolic OH excluding ortho intramolecular Hbond substituents is 1. The molecule has 16 N–H and O–H groups in total. The number of benzene rings is 4. The molecule has 1 aliphatic carbocycles. The molecule has 4 aliphatic rings. The minimum Gasteiger partial charge on any atom is -0.504 e. The van der Waals surface area contributed by atoms with E-state index in [0.29, 0.717) is 22.0 Å². The fraction of sp³-hybridized carbons (Fsp3) is 0.492. The van der Waals surface area contributed by atoms with Crippen molar-refractivity contribution in [2.45, 2.75) is 157 Å². The Morgan fingerprint density at radius 3 is 1.96 bits per heavy atom. The van der Waals surface area contributed by atoms with Gasteiger partial charge in [-0.05, 0) is 112 Å². The number of hydrogen-bond donors (Lipinski definition) is 14. The predicted molar refractivity (Wildman–Crippen MR) is 340 cm³/mol. The van der Waals surface area contributed by atoms with Crippen LogP contribution < -0.4 is 47.5 Å². The molecule has 1 aromatic heterocycles. The Balaban J connectivity index is 0.959. The maximum absolute atomic E-state index is 14.7. The Morgan fingerprint density at radius 2 is 1.31 bits per heavy atom. The largest absolute Gasteiger partial charge is 0.504 e. The van der Waals surface area contributed by atoms with Crippen LogP contribution in [-0.2, 0) is 35.2 Å². The van der Waals surface area contributed by atoms with Crippen molar-refractivity contribution < 1.29 is 78.8 Å². The highest BCUT2D eigenvalue weighted by Gasteiger charge is 2.50. The first-order chi connectivity index (χ1) is 44.6. The Labute approximate surface area is 541 Å². The molecular formula is C65H83N11O16S. The molecule has 3 aliphatic heterocycles. The third-order valence-corrected chi connectivity index (χ3v) is 18.3. The van der Waals surface area contributed by atoms with E-state index in [-0.39, 0.29) is 61.4 Å². The zero-order chi connectivity index (χ0) is 66.6. The van der Waals surface area contributed by atoms with Crippen molar-refractivity contribution in [1.29, 1.82) is 0 Å². The molecule has 1 unspecified atom stereocenters. The molecule has 93 heavy (non-hydrogen) atoms. The van der Waals surface area contributed by atoms with Gasteiger partial charge in [0.2, 0.25) is 35.4 Å². The van der Waals surface area contributed by atoms with E-state index in [1.165, 1.54) is 67.9 Å². The van der Waals surface area contributed by atoms with Crippen LogP contribution in [0.2, 0.25) is 0 Å². The highest BCUT2D eigenvalue weighted by atomic mass is 32.1. The maximum atomic E-state index is 14.7. The molecular weight excluding hydrogens is 1220 g/mol. The zero-order valence-corrected chi connectivity index (χ0v) is 52.5. The lowest BCUT2D eigenvalue weighted by molar-refractivity contribution is -0.147. The zero-order valence-electron chi connectivity index (χ0n) is 51.7. The lowest BCUT2D eigenvalue weighted by Gasteiger charge is -2.34. The van der Waals surface area contributed by atoms with Gasteiger partial charge >= 0.3 is 0 Å². The highest BCUT2D eigenvalue weighted by molar-refractivity contribution is 7.17. The molecule has 0 bridgehead atoms. The van der Waals surface area contributed by atoms with Crippen LogP contribution in [-0.4, -0.2) is 215 Å². The van der Waals surface area contributed by atoms with Crippen molar-refractivity contribution in [2.75, 3.05) is 39.3 Å². The number of carbonyl (C=O) groups is 7. The summed E-state index contributed by atoms with van der Waals surface area (Å²) in [5.41, 5.74) is 15.2. The number of carbonyl (C=O) groups excluding carboxylic acids is 7. The Hall–Kier alpha value is -8.19. The summed E-state index contributed by atoms with van der Waals surface area (Å²) in [5.74, 6) is -7.73. The molecule has 9 rings (SSSR count). The number of nitrogens with zero attached hydrogens (tertiary/aromatic N) is 4. The fourth-order valence-corrected chi connectivity index (χ4v) is 12.9. The first-order valence-corrected chi connectivity index (χ1v) is 32.3. The van der Waals surface area contributed by atoms with Crippen LogP contribution in [0.3, 0.4) is 0 Å². The van der Waals surface area contributed by atoms with Gasteiger partial charge in [-0.15, -0.1) is 10.2 Å². The summed E-state index contributed by atoms with van der Waals surface area (Å²) in [4.78, 5) is 103. The number of aromatic hydroxyl groups is 1. The van der Waals surface area contributed by atoms with Crippen molar-refractivity contribution in [3.63, 3.8) is 0 Å². The molecule has 4 fully saturated rings. The van der Waals surface area contributed by atoms with E-state index < -0.39 is 152 Å². The van der Waals surface area contributed by atoms with Gasteiger partial charge in [0.1, 0.15) is 52.0 Å². The second-order valence-corrected chi connectivity index (χ2v) is 25.3. The normalized spacial score (nSPS) is 25.7. The van der Waals surface area contributed by atoms with Gasteiger partial charge in [0.15, 0.2) is 11.5 Å². The van der Waals surface area contributed by atoms with Crippen molar-refractivity contribution in [3.8, 4) is 49.5 Å². The summed E-state index contributed by atoms with van der Waals surface area (Å²) in [6.07, 6.45) is -5.41. The quantitative estimate of drug-likeness (QED) is 0.0513. The maximum Gasteiger partial charge on any atom is 0.251 e. The van der Waals surface area contributed by atoms with Crippen LogP contribution in [0.1, 0.15) is 87.6 Å². The number of hydrogen-bond acceptors (Lipinski definition) is 21. The number of fused-ring (bicyclic) bond motifs is 2. The molecule has 27 nitrogen and oxygen atoms in total. The topological polar surface area (TPSA) is 424 Å². The number of aromatic nitrogens is 2. The van der Waals surface area contributed by atoms with Gasteiger partial charge in [0, 0.05) is 61.5 Å². The number of amides is 7. The van der Waals surface area contributed by atoms with Crippen molar-refractivity contribution >= 4 is 52.7 Å². The van der Waals surface area contributed by atoms with Crippen LogP contribution in [0.25, 0.3) is 32.3 Å². The van der Waals surface area contributed by atoms with E-state index in [1.807, 2.05) is 48.5 Å². The van der Waals surface area contributed by atoms with Gasteiger partial charge < -0.3 is 93.1 Å². The molecule has 0 radical (unpaired) electrons. The monoisotopic (exact) mass is 1310 g/mol. The Morgan fingerprint density at radius 1 is 0.699 bits per heavy atom. The lowest BCUT2D eigenvalue weighted by atomic mass is 9.98. The van der Waals surface area contributed by atoms with Crippen molar-refractivity contribution in [1.82, 2.24) is 46.6 Å². The molecule has 5 aromatic rings. The van der Waals surface area contributed by atoms with E-state index in [9.17, 15) is 69.3 Å². The van der Waals surface area contributed by atoms with Gasteiger partial charge in [0.05, 0.1) is 49.3 Å². The number of nitrogens with two attached hydrogens (primary N) is 2. The highest BCUT2D eigenvalue weighted by Crippen LogP contribution is 2.34. The summed E-state index contributed by atoms with van der Waals surface area (Å²) >= 11 is 1.32. The SMILES string of the molecule is C[C@@H](O)[C@@H]1NC(=O)C(NC(=O)c2ccc(-c3nnc(-c4ccc(-c5ccc(OC6CCCCC6)cc5)cc4)s3)cc2)C[C@@H](O)CNC(=O)[C@@H]2[C@@H](O)[C@@H](C)CN2C(=O)[C@H]([C@H](O)CCN)NC(=O)[C@H]([C@H](O)Cc2ccc(O)c(OCCCN)c2)NC(=O)[C@@H]2C[C@@H](O)CN2C1=O. The fourth-order valence-electron chi connectivity index (χ4n) is 12.1. The van der Waals surface area contributed by atoms with Gasteiger partial charge in [-0.25, -0.2) is 0 Å². The van der Waals surface area contributed by atoms with E-state index in [2.05, 4.69) is 36.8 Å². The molecule has 3 saturated heterocycles. The standard InChI is InChI=1S/C65H83N11O16S/c1-34-32-76-55(56(34)83)61(88)68-31-42(78)29-46(69-57(84)39-12-16-41(17-13-39)63-74-73-62(93-63)40-14-10-37(11-15-40)38-18-20-45(21-19-38)92-44-7-4-3-5-8-44)58(85)70-52(35(2)77)64(89)75-33-43(79)30-47(75)59(86)71-53(60(87)72-54(65(76)90)49(81)23-25-67)50(82)27-36-9-22-48(80)51(28-36)91-26-6-24-66/h9-22,28,34-35,42-44,46-47,49-50,52-56,77-83H,3-8,23-27,29-33,66-67H2,1-2H3,(H,68,88)(H,69,84)(H,70,85)(H,71,86)(H,72,87)/t34-,35+,42+,43+,46?,47-,49+,50+,52-,53-,54-,55-,56-/m0/s1. The average molecular weight is 1310 g/mol. The average Bonchev–Trinajstić information content (AvgIpc) is 1.70. The molecule has 4 heterocycles. The van der Waals surface area contributed by atoms with Crippen molar-refractivity contribution in [3.05, 3.63) is 102 Å². The minimum atomic E-state index is -2.04. The van der Waals surface area contributed by atoms with Crippen LogP contribution >= 0.6 is 11.3 Å². The summed E-state index contributed by atoms with van der Waals surface area (Å²) in [5, 5.41) is 102. The first kappa shape index (κ1) is 69.2. The van der Waals surface area contributed by atoms with Gasteiger partial charge in [-0.2, -0.15) is 0 Å². The van der Waals surface area contributed by atoms with Gasteiger partial charge in [-0.1, -0.05) is 79.3 Å². The Bertz CT molecular complexity index is 3410.